The minimum Gasteiger partial charge on any atom is -0.373 e. The first-order chi connectivity index (χ1) is 14.3. The molecule has 0 atom stereocenters. The molecule has 4 rings (SSSR count). The number of ether oxygens (including phenoxy) is 1. The maximum absolute atomic E-state index is 14.2. The molecule has 1 fully saturated rings. The summed E-state index contributed by atoms with van der Waals surface area (Å²) in [7, 11) is 0. The molecule has 0 spiro atoms. The summed E-state index contributed by atoms with van der Waals surface area (Å²) in [6, 6.07) is 7.86. The van der Waals surface area contributed by atoms with Gasteiger partial charge in [-0.05, 0) is 54.1 Å². The predicted octanol–water partition coefficient (Wildman–Crippen LogP) is 5.79. The monoisotopic (exact) mass is 458 g/mol. The van der Waals surface area contributed by atoms with Crippen molar-refractivity contribution in [3.05, 3.63) is 77.1 Å². The summed E-state index contributed by atoms with van der Waals surface area (Å²) in [5.74, 6) is -1.58. The van der Waals surface area contributed by atoms with E-state index in [-0.39, 0.29) is 37.0 Å². The van der Waals surface area contributed by atoms with Crippen molar-refractivity contribution >= 4 is 23.2 Å². The smallest absolute Gasteiger partial charge is 0.373 e. The van der Waals surface area contributed by atoms with Crippen LogP contribution in [0.1, 0.15) is 29.5 Å². The van der Waals surface area contributed by atoms with Crippen LogP contribution in [0, 0.1) is 11.6 Å². The zero-order valence-corrected chi connectivity index (χ0v) is 17.1. The maximum Gasteiger partial charge on any atom is 0.419 e. The quantitative estimate of drug-likeness (QED) is 0.475. The number of fused-ring (bicyclic) bond motifs is 1. The molecular weight excluding hydrogens is 439 g/mol. The maximum atomic E-state index is 14.2. The number of rotatable bonds is 6. The second kappa shape index (κ2) is 9.46. The first-order valence-electron chi connectivity index (χ1n) is 9.53. The molecule has 0 bridgehead atoms. The van der Waals surface area contributed by atoms with Crippen LogP contribution in [0.15, 0.2) is 48.8 Å². The van der Waals surface area contributed by atoms with Crippen molar-refractivity contribution in [1.82, 2.24) is 10.3 Å². The fourth-order valence-corrected chi connectivity index (χ4v) is 3.59. The van der Waals surface area contributed by atoms with Crippen molar-refractivity contribution in [1.29, 1.82) is 0 Å². The molecule has 1 aliphatic rings. The second-order valence-corrected chi connectivity index (χ2v) is 7.42. The number of halogens is 6. The van der Waals surface area contributed by atoms with Gasteiger partial charge in [-0.2, -0.15) is 13.2 Å². The van der Waals surface area contributed by atoms with Gasteiger partial charge in [0.05, 0.1) is 18.3 Å². The van der Waals surface area contributed by atoms with E-state index in [0.29, 0.717) is 30.5 Å². The van der Waals surface area contributed by atoms with E-state index in [2.05, 4.69) is 10.3 Å². The van der Waals surface area contributed by atoms with E-state index in [0.717, 1.165) is 22.9 Å². The third-order valence-corrected chi connectivity index (χ3v) is 5.36. The van der Waals surface area contributed by atoms with Gasteiger partial charge in [-0.3, -0.25) is 4.98 Å². The van der Waals surface area contributed by atoms with Crippen molar-refractivity contribution in [2.75, 3.05) is 0 Å². The zero-order valence-electron chi connectivity index (χ0n) is 16.3. The van der Waals surface area contributed by atoms with Gasteiger partial charge in [0, 0.05) is 35.9 Å². The molecule has 3 nitrogen and oxygen atoms in total. The van der Waals surface area contributed by atoms with Gasteiger partial charge < -0.3 is 10.1 Å². The van der Waals surface area contributed by atoms with Crippen LogP contribution < -0.4 is 5.32 Å². The molecule has 166 valence electrons. The largest absolute Gasteiger partial charge is 0.419 e. The van der Waals surface area contributed by atoms with E-state index in [1.54, 1.807) is 24.5 Å². The van der Waals surface area contributed by atoms with E-state index in [4.69, 9.17) is 4.74 Å². The Morgan fingerprint density at radius 1 is 1.03 bits per heavy atom. The SMILES string of the molecule is Cl.Fc1cc(COC2CC(NCc3c(F)ccc4cnccc34)C2)ccc1C(F)(F)F. The van der Waals surface area contributed by atoms with Gasteiger partial charge in [0.15, 0.2) is 0 Å². The van der Waals surface area contributed by atoms with Gasteiger partial charge in [-0.25, -0.2) is 8.78 Å². The molecule has 0 unspecified atom stereocenters. The molecule has 1 N–H and O–H groups in total. The highest BCUT2D eigenvalue weighted by molar-refractivity contribution is 5.85. The molecule has 0 radical (unpaired) electrons. The average Bonchev–Trinajstić information content (AvgIpc) is 2.66. The normalized spacial score (nSPS) is 18.5. The number of hydrogen-bond acceptors (Lipinski definition) is 3. The number of hydrogen-bond donors (Lipinski definition) is 1. The van der Waals surface area contributed by atoms with Crippen LogP contribution >= 0.6 is 12.4 Å². The summed E-state index contributed by atoms with van der Waals surface area (Å²) in [4.78, 5) is 4.05. The van der Waals surface area contributed by atoms with Crippen LogP contribution in [0.3, 0.4) is 0 Å². The molecule has 1 heterocycles. The lowest BCUT2D eigenvalue weighted by atomic mass is 9.89. The first-order valence-corrected chi connectivity index (χ1v) is 9.53. The second-order valence-electron chi connectivity index (χ2n) is 7.42. The molecule has 1 aliphatic carbocycles. The van der Waals surface area contributed by atoms with Crippen LogP contribution in [0.2, 0.25) is 0 Å². The van der Waals surface area contributed by atoms with Gasteiger partial charge in [-0.15, -0.1) is 12.4 Å². The zero-order chi connectivity index (χ0) is 21.3. The average molecular weight is 459 g/mol. The first kappa shape index (κ1) is 23.4. The Balaban J connectivity index is 0.00000272. The van der Waals surface area contributed by atoms with E-state index < -0.39 is 17.6 Å². The van der Waals surface area contributed by atoms with Crippen LogP contribution in [-0.4, -0.2) is 17.1 Å². The Morgan fingerprint density at radius 3 is 2.52 bits per heavy atom. The van der Waals surface area contributed by atoms with E-state index in [1.165, 1.54) is 12.1 Å². The molecule has 0 amide bonds. The summed E-state index contributed by atoms with van der Waals surface area (Å²) < 4.78 is 71.3. The van der Waals surface area contributed by atoms with Crippen LogP contribution in [0.25, 0.3) is 10.8 Å². The summed E-state index contributed by atoms with van der Waals surface area (Å²) in [5.41, 5.74) is -0.349. The van der Waals surface area contributed by atoms with Crippen molar-refractivity contribution < 1.29 is 26.7 Å². The number of benzene rings is 2. The van der Waals surface area contributed by atoms with Gasteiger partial charge >= 0.3 is 6.18 Å². The van der Waals surface area contributed by atoms with Gasteiger partial charge in [0.2, 0.25) is 0 Å². The standard InChI is InChI=1S/C22H19F5N2O.ClH/c23-20-4-2-14-10-28-6-5-17(14)18(20)11-29-15-8-16(9-15)30-12-13-1-3-19(21(24)7-13)22(25,26)27;/h1-7,10,15-16,29H,8-9,11-12H2;1H. The highest BCUT2D eigenvalue weighted by atomic mass is 35.5. The Labute approximate surface area is 182 Å². The van der Waals surface area contributed by atoms with Crippen molar-refractivity contribution in [2.45, 2.75) is 44.3 Å². The lowest BCUT2D eigenvalue weighted by Gasteiger charge is -2.36. The Morgan fingerprint density at radius 2 is 1.81 bits per heavy atom. The fourth-order valence-electron chi connectivity index (χ4n) is 3.59. The van der Waals surface area contributed by atoms with Gasteiger partial charge in [-0.1, -0.05) is 6.07 Å². The van der Waals surface area contributed by atoms with Crippen LogP contribution in [0.5, 0.6) is 0 Å². The number of pyridine rings is 1. The van der Waals surface area contributed by atoms with Crippen molar-refractivity contribution in [3.8, 4) is 0 Å². The molecule has 1 saturated carbocycles. The third-order valence-electron chi connectivity index (χ3n) is 5.36. The molecule has 31 heavy (non-hydrogen) atoms. The minimum atomic E-state index is -4.71. The molecule has 9 heteroatoms. The van der Waals surface area contributed by atoms with E-state index >= 15 is 0 Å². The summed E-state index contributed by atoms with van der Waals surface area (Å²) in [5, 5.41) is 4.99. The molecular formula is C22H20ClF5N2O. The molecule has 0 saturated heterocycles. The number of alkyl halides is 3. The predicted molar refractivity (Wildman–Crippen MR) is 109 cm³/mol. The van der Waals surface area contributed by atoms with Crippen molar-refractivity contribution in [3.63, 3.8) is 0 Å². The molecule has 3 aromatic rings. The highest BCUT2D eigenvalue weighted by Gasteiger charge is 2.34. The number of aromatic nitrogens is 1. The molecule has 1 aromatic heterocycles. The third kappa shape index (κ3) is 5.31. The highest BCUT2D eigenvalue weighted by Crippen LogP contribution is 2.32. The van der Waals surface area contributed by atoms with Crippen LogP contribution in [0.4, 0.5) is 22.0 Å². The summed E-state index contributed by atoms with van der Waals surface area (Å²) in [6.07, 6.45) is -0.0859. The fraction of sp³-hybridized carbons (Fsp3) is 0.318. The Kier molecular flexibility index (Phi) is 7.13. The van der Waals surface area contributed by atoms with E-state index in [9.17, 15) is 22.0 Å². The van der Waals surface area contributed by atoms with Gasteiger partial charge in [0.25, 0.3) is 0 Å². The molecule has 2 aromatic carbocycles. The number of nitrogens with one attached hydrogen (secondary N) is 1. The van der Waals surface area contributed by atoms with Gasteiger partial charge in [0.1, 0.15) is 11.6 Å². The van der Waals surface area contributed by atoms with Crippen molar-refractivity contribution in [2.24, 2.45) is 0 Å². The lowest BCUT2D eigenvalue weighted by Crippen LogP contribution is -2.45. The lowest BCUT2D eigenvalue weighted by molar-refractivity contribution is -0.140. The van der Waals surface area contributed by atoms with Crippen LogP contribution in [-0.2, 0) is 24.1 Å². The Bertz CT molecular complexity index is 1050. The summed E-state index contributed by atoms with van der Waals surface area (Å²) in [6.45, 7) is 0.409. The minimum absolute atomic E-state index is 0. The Hall–Kier alpha value is -2.29. The molecule has 0 aliphatic heterocycles. The number of nitrogens with zero attached hydrogens (tertiary/aromatic N) is 1. The van der Waals surface area contributed by atoms with E-state index in [1.807, 2.05) is 0 Å². The summed E-state index contributed by atoms with van der Waals surface area (Å²) >= 11 is 0. The topological polar surface area (TPSA) is 34.1 Å².